The average Bonchev–Trinajstić information content (AvgIpc) is 2.63. The third-order valence-electron chi connectivity index (χ3n) is 4.01. The van der Waals surface area contributed by atoms with Crippen LogP contribution in [-0.2, 0) is 21.3 Å². The van der Waals surface area contributed by atoms with Crippen molar-refractivity contribution in [3.8, 4) is 0 Å². The summed E-state index contributed by atoms with van der Waals surface area (Å²) in [4.78, 5) is 4.45. The SMILES string of the molecule is CCOC(CCNC(=NC)NCc1cccc(S(=O)(=O)NC)c1)C(C)C. The summed E-state index contributed by atoms with van der Waals surface area (Å²) < 4.78 is 31.8. The zero-order valence-electron chi connectivity index (χ0n) is 16.4. The highest BCUT2D eigenvalue weighted by Gasteiger charge is 2.13. The number of benzene rings is 1. The molecule has 0 aliphatic carbocycles. The predicted molar refractivity (Wildman–Crippen MR) is 106 cm³/mol. The van der Waals surface area contributed by atoms with Gasteiger partial charge in [0.15, 0.2) is 5.96 Å². The van der Waals surface area contributed by atoms with Crippen LogP contribution in [-0.4, -0.2) is 47.7 Å². The van der Waals surface area contributed by atoms with Crippen LogP contribution < -0.4 is 15.4 Å². The van der Waals surface area contributed by atoms with Crippen LogP contribution in [0, 0.1) is 5.92 Å². The number of ether oxygens (including phenoxy) is 1. The minimum absolute atomic E-state index is 0.217. The van der Waals surface area contributed by atoms with Crippen molar-refractivity contribution in [2.24, 2.45) is 10.9 Å². The molecule has 1 aromatic rings. The molecule has 0 saturated heterocycles. The molecule has 0 heterocycles. The summed E-state index contributed by atoms with van der Waals surface area (Å²) in [5.74, 6) is 1.13. The minimum Gasteiger partial charge on any atom is -0.378 e. The van der Waals surface area contributed by atoms with Crippen molar-refractivity contribution in [2.75, 3.05) is 27.2 Å². The van der Waals surface area contributed by atoms with E-state index in [0.29, 0.717) is 25.0 Å². The Morgan fingerprint density at radius 2 is 2.00 bits per heavy atom. The summed E-state index contributed by atoms with van der Waals surface area (Å²) in [6.07, 6.45) is 1.11. The van der Waals surface area contributed by atoms with Gasteiger partial charge < -0.3 is 15.4 Å². The van der Waals surface area contributed by atoms with E-state index in [1.54, 1.807) is 25.2 Å². The number of guanidine groups is 1. The summed E-state index contributed by atoms with van der Waals surface area (Å²) in [5, 5.41) is 6.47. The average molecular weight is 385 g/mol. The Kier molecular flexibility index (Phi) is 9.61. The molecule has 0 fully saturated rings. The van der Waals surface area contributed by atoms with E-state index in [4.69, 9.17) is 4.74 Å². The normalized spacial score (nSPS) is 13.7. The molecule has 0 aromatic heterocycles. The summed E-state index contributed by atoms with van der Waals surface area (Å²) >= 11 is 0. The maximum Gasteiger partial charge on any atom is 0.240 e. The third-order valence-corrected chi connectivity index (χ3v) is 5.42. The molecule has 7 nitrogen and oxygen atoms in total. The van der Waals surface area contributed by atoms with Crippen LogP contribution in [0.1, 0.15) is 32.8 Å². The topological polar surface area (TPSA) is 91.8 Å². The first kappa shape index (κ1) is 22.4. The Morgan fingerprint density at radius 3 is 2.58 bits per heavy atom. The van der Waals surface area contributed by atoms with Crippen LogP contribution in [0.3, 0.4) is 0 Å². The van der Waals surface area contributed by atoms with Gasteiger partial charge in [0.1, 0.15) is 0 Å². The molecular weight excluding hydrogens is 352 g/mol. The fraction of sp³-hybridized carbons (Fsp3) is 0.611. The zero-order valence-corrected chi connectivity index (χ0v) is 17.2. The first-order valence-electron chi connectivity index (χ1n) is 8.92. The molecule has 148 valence electrons. The van der Waals surface area contributed by atoms with Gasteiger partial charge in [0, 0.05) is 26.7 Å². The Morgan fingerprint density at radius 1 is 1.27 bits per heavy atom. The second kappa shape index (κ2) is 11.2. The van der Waals surface area contributed by atoms with Crippen molar-refractivity contribution in [1.29, 1.82) is 0 Å². The van der Waals surface area contributed by atoms with E-state index >= 15 is 0 Å². The summed E-state index contributed by atoms with van der Waals surface area (Å²) in [5.41, 5.74) is 0.860. The van der Waals surface area contributed by atoms with Gasteiger partial charge in [-0.1, -0.05) is 26.0 Å². The van der Waals surface area contributed by atoms with Crippen LogP contribution >= 0.6 is 0 Å². The number of hydrogen-bond acceptors (Lipinski definition) is 4. The van der Waals surface area contributed by atoms with Crippen LogP contribution in [0.4, 0.5) is 0 Å². The minimum atomic E-state index is -3.44. The number of nitrogens with zero attached hydrogens (tertiary/aromatic N) is 1. The molecular formula is C18H32N4O3S. The molecule has 26 heavy (non-hydrogen) atoms. The quantitative estimate of drug-likeness (QED) is 0.422. The lowest BCUT2D eigenvalue weighted by molar-refractivity contribution is 0.0258. The van der Waals surface area contributed by atoms with E-state index in [2.05, 4.69) is 34.2 Å². The molecule has 0 spiro atoms. The Bertz CT molecular complexity index is 675. The van der Waals surface area contributed by atoms with E-state index in [9.17, 15) is 8.42 Å². The molecule has 3 N–H and O–H groups in total. The number of rotatable bonds is 10. The lowest BCUT2D eigenvalue weighted by Crippen LogP contribution is -2.39. The van der Waals surface area contributed by atoms with Gasteiger partial charge in [-0.05, 0) is 44.0 Å². The smallest absolute Gasteiger partial charge is 0.240 e. The lowest BCUT2D eigenvalue weighted by Gasteiger charge is -2.21. The largest absolute Gasteiger partial charge is 0.378 e. The van der Waals surface area contributed by atoms with Crippen molar-refractivity contribution in [1.82, 2.24) is 15.4 Å². The Hall–Kier alpha value is -1.64. The van der Waals surface area contributed by atoms with Gasteiger partial charge in [-0.3, -0.25) is 4.99 Å². The first-order chi connectivity index (χ1) is 12.3. The van der Waals surface area contributed by atoms with E-state index in [1.165, 1.54) is 7.05 Å². The maximum absolute atomic E-state index is 11.9. The predicted octanol–water partition coefficient (Wildman–Crippen LogP) is 1.71. The fourth-order valence-corrected chi connectivity index (χ4v) is 3.30. The second-order valence-electron chi connectivity index (χ2n) is 6.23. The Labute approximate surface area is 157 Å². The molecule has 1 aromatic carbocycles. The molecule has 0 radical (unpaired) electrons. The maximum atomic E-state index is 11.9. The third kappa shape index (κ3) is 7.31. The van der Waals surface area contributed by atoms with Gasteiger partial charge in [-0.2, -0.15) is 0 Å². The highest BCUT2D eigenvalue weighted by atomic mass is 32.2. The summed E-state index contributed by atoms with van der Waals surface area (Å²) in [7, 11) is -0.330. The van der Waals surface area contributed by atoms with Gasteiger partial charge in [0.05, 0.1) is 11.0 Å². The van der Waals surface area contributed by atoms with Crippen LogP contribution in [0.2, 0.25) is 0 Å². The molecule has 0 aliphatic rings. The van der Waals surface area contributed by atoms with Gasteiger partial charge in [-0.15, -0.1) is 0 Å². The van der Waals surface area contributed by atoms with Crippen molar-refractivity contribution < 1.29 is 13.2 Å². The monoisotopic (exact) mass is 384 g/mol. The van der Waals surface area contributed by atoms with Crippen LogP contribution in [0.25, 0.3) is 0 Å². The van der Waals surface area contributed by atoms with Gasteiger partial charge in [0.25, 0.3) is 0 Å². The molecule has 1 rings (SSSR count). The number of nitrogens with one attached hydrogen (secondary N) is 3. The van der Waals surface area contributed by atoms with E-state index < -0.39 is 10.0 Å². The first-order valence-corrected chi connectivity index (χ1v) is 10.4. The Balaban J connectivity index is 2.56. The number of sulfonamides is 1. The number of hydrogen-bond donors (Lipinski definition) is 3. The summed E-state index contributed by atoms with van der Waals surface area (Å²) in [6.45, 7) is 8.25. The van der Waals surface area contributed by atoms with Gasteiger partial charge >= 0.3 is 0 Å². The van der Waals surface area contributed by atoms with Crippen molar-refractivity contribution >= 4 is 16.0 Å². The summed E-state index contributed by atoms with van der Waals surface area (Å²) in [6, 6.07) is 6.82. The molecule has 0 aliphatic heterocycles. The fourth-order valence-electron chi connectivity index (χ4n) is 2.50. The zero-order chi connectivity index (χ0) is 19.6. The molecule has 0 saturated carbocycles. The van der Waals surface area contributed by atoms with Gasteiger partial charge in [-0.25, -0.2) is 13.1 Å². The highest BCUT2D eigenvalue weighted by Crippen LogP contribution is 2.11. The standard InChI is InChI=1S/C18H32N4O3S/c1-6-25-17(14(2)3)10-11-21-18(19-4)22-13-15-8-7-9-16(12-15)26(23,24)20-5/h7-9,12,14,17,20H,6,10-11,13H2,1-5H3,(H2,19,21,22). The van der Waals surface area contributed by atoms with Crippen molar-refractivity contribution in [3.63, 3.8) is 0 Å². The highest BCUT2D eigenvalue weighted by molar-refractivity contribution is 7.89. The van der Waals surface area contributed by atoms with Crippen LogP contribution in [0.5, 0.6) is 0 Å². The molecule has 0 bridgehead atoms. The van der Waals surface area contributed by atoms with E-state index in [1.807, 2.05) is 13.0 Å². The molecule has 1 unspecified atom stereocenters. The molecule has 8 heteroatoms. The van der Waals surface area contributed by atoms with Gasteiger partial charge in [0.2, 0.25) is 10.0 Å². The van der Waals surface area contributed by atoms with Crippen molar-refractivity contribution in [3.05, 3.63) is 29.8 Å². The van der Waals surface area contributed by atoms with Crippen molar-refractivity contribution in [2.45, 2.75) is 44.7 Å². The number of aliphatic imine (C=N–C) groups is 1. The van der Waals surface area contributed by atoms with E-state index in [-0.39, 0.29) is 11.0 Å². The van der Waals surface area contributed by atoms with E-state index in [0.717, 1.165) is 18.5 Å². The van der Waals surface area contributed by atoms with Crippen LogP contribution in [0.15, 0.2) is 34.2 Å². The second-order valence-corrected chi connectivity index (χ2v) is 8.12. The molecule has 1 atom stereocenters. The molecule has 0 amide bonds. The lowest BCUT2D eigenvalue weighted by atomic mass is 10.0.